The minimum absolute atomic E-state index is 0.124. The Labute approximate surface area is 114 Å². The van der Waals surface area contributed by atoms with E-state index in [-0.39, 0.29) is 6.10 Å². The van der Waals surface area contributed by atoms with Crippen LogP contribution in [-0.2, 0) is 4.74 Å². The van der Waals surface area contributed by atoms with Crippen molar-refractivity contribution in [3.8, 4) is 0 Å². The molecule has 1 amide bonds. The summed E-state index contributed by atoms with van der Waals surface area (Å²) in [5.74, 6) is 0. The van der Waals surface area contributed by atoms with Gasteiger partial charge in [-0.25, -0.2) is 4.79 Å². The van der Waals surface area contributed by atoms with Crippen LogP contribution in [0.4, 0.5) is 10.5 Å². The molecule has 0 aliphatic heterocycles. The quantitative estimate of drug-likeness (QED) is 0.883. The first kappa shape index (κ1) is 12.9. The number of fused-ring (bicyclic) bond motifs is 1. The summed E-state index contributed by atoms with van der Waals surface area (Å²) in [4.78, 5) is 11.5. The van der Waals surface area contributed by atoms with Crippen LogP contribution in [0.3, 0.4) is 0 Å². The predicted molar refractivity (Wildman–Crippen MR) is 76.9 cm³/mol. The van der Waals surface area contributed by atoms with Crippen molar-refractivity contribution in [2.75, 3.05) is 5.32 Å². The van der Waals surface area contributed by atoms with Gasteiger partial charge in [-0.3, -0.25) is 5.32 Å². The molecule has 0 spiro atoms. The summed E-state index contributed by atoms with van der Waals surface area (Å²) in [5, 5.41) is 4.89. The number of carbonyl (C=O) groups excluding carboxylic acids is 1. The molecule has 0 unspecified atom stereocenters. The van der Waals surface area contributed by atoms with Gasteiger partial charge in [-0.2, -0.15) is 0 Å². The van der Waals surface area contributed by atoms with Gasteiger partial charge in [0.15, 0.2) is 0 Å². The average molecular weight is 308 g/mol. The van der Waals surface area contributed by atoms with E-state index in [4.69, 9.17) is 4.74 Å². The van der Waals surface area contributed by atoms with Gasteiger partial charge in [0, 0.05) is 10.2 Å². The van der Waals surface area contributed by atoms with Crippen molar-refractivity contribution in [3.05, 3.63) is 40.9 Å². The lowest BCUT2D eigenvalue weighted by Crippen LogP contribution is -2.17. The van der Waals surface area contributed by atoms with Crippen LogP contribution in [0.25, 0.3) is 10.8 Å². The van der Waals surface area contributed by atoms with E-state index in [0.29, 0.717) is 0 Å². The SMILES string of the molecule is CC(C)OC(=O)Nc1ccc2cc(Br)ccc2c1. The standard InChI is InChI=1S/C14H14BrNO2/c1-9(2)18-14(17)16-13-6-4-10-7-12(15)5-3-11(10)8-13/h3-9H,1-2H3,(H,16,17). The van der Waals surface area contributed by atoms with Crippen molar-refractivity contribution in [3.63, 3.8) is 0 Å². The maximum absolute atomic E-state index is 11.5. The zero-order valence-electron chi connectivity index (χ0n) is 10.2. The van der Waals surface area contributed by atoms with Crippen molar-refractivity contribution in [2.45, 2.75) is 20.0 Å². The molecule has 3 nitrogen and oxygen atoms in total. The summed E-state index contributed by atoms with van der Waals surface area (Å²) in [7, 11) is 0. The zero-order chi connectivity index (χ0) is 13.1. The third-order valence-electron chi connectivity index (χ3n) is 2.39. The molecule has 2 aromatic rings. The highest BCUT2D eigenvalue weighted by molar-refractivity contribution is 9.10. The molecule has 4 heteroatoms. The number of nitrogens with one attached hydrogen (secondary N) is 1. The van der Waals surface area contributed by atoms with Crippen molar-refractivity contribution in [1.29, 1.82) is 0 Å². The summed E-state index contributed by atoms with van der Waals surface area (Å²) in [6.45, 7) is 3.63. The number of benzene rings is 2. The highest BCUT2D eigenvalue weighted by atomic mass is 79.9. The molecular formula is C14H14BrNO2. The van der Waals surface area contributed by atoms with Crippen LogP contribution in [0.5, 0.6) is 0 Å². The largest absolute Gasteiger partial charge is 0.447 e. The molecule has 0 radical (unpaired) electrons. The van der Waals surface area contributed by atoms with E-state index in [9.17, 15) is 4.79 Å². The molecule has 2 rings (SSSR count). The van der Waals surface area contributed by atoms with Gasteiger partial charge in [0.2, 0.25) is 0 Å². The maximum Gasteiger partial charge on any atom is 0.411 e. The Kier molecular flexibility index (Phi) is 3.87. The number of halogens is 1. The van der Waals surface area contributed by atoms with Gasteiger partial charge in [-0.05, 0) is 48.9 Å². The molecule has 0 atom stereocenters. The molecule has 2 aromatic carbocycles. The lowest BCUT2D eigenvalue weighted by Gasteiger charge is -2.10. The van der Waals surface area contributed by atoms with Crippen LogP contribution in [-0.4, -0.2) is 12.2 Å². The van der Waals surface area contributed by atoms with Gasteiger partial charge in [0.25, 0.3) is 0 Å². The van der Waals surface area contributed by atoms with E-state index in [0.717, 1.165) is 20.9 Å². The number of rotatable bonds is 2. The molecule has 0 saturated heterocycles. The number of hydrogen-bond acceptors (Lipinski definition) is 2. The summed E-state index contributed by atoms with van der Waals surface area (Å²) >= 11 is 3.43. The molecule has 0 aromatic heterocycles. The molecule has 0 saturated carbocycles. The first-order valence-corrected chi connectivity index (χ1v) is 6.51. The van der Waals surface area contributed by atoms with Crippen LogP contribution in [0.2, 0.25) is 0 Å². The average Bonchev–Trinajstić information content (AvgIpc) is 2.28. The summed E-state index contributed by atoms with van der Waals surface area (Å²) in [6.07, 6.45) is -0.553. The Morgan fingerprint density at radius 3 is 2.56 bits per heavy atom. The van der Waals surface area contributed by atoms with Gasteiger partial charge in [-0.15, -0.1) is 0 Å². The molecular weight excluding hydrogens is 294 g/mol. The van der Waals surface area contributed by atoms with Gasteiger partial charge in [-0.1, -0.05) is 28.1 Å². The molecule has 0 heterocycles. The Morgan fingerprint density at radius 1 is 1.17 bits per heavy atom. The fourth-order valence-corrected chi connectivity index (χ4v) is 2.03. The van der Waals surface area contributed by atoms with Crippen LogP contribution in [0, 0.1) is 0 Å². The van der Waals surface area contributed by atoms with Crippen molar-refractivity contribution < 1.29 is 9.53 Å². The number of hydrogen-bond donors (Lipinski definition) is 1. The minimum atomic E-state index is -0.429. The Balaban J connectivity index is 2.20. The van der Waals surface area contributed by atoms with Crippen molar-refractivity contribution in [2.24, 2.45) is 0 Å². The topological polar surface area (TPSA) is 38.3 Å². The summed E-state index contributed by atoms with van der Waals surface area (Å²) in [6, 6.07) is 11.7. The molecule has 0 fully saturated rings. The molecule has 0 aliphatic carbocycles. The zero-order valence-corrected chi connectivity index (χ0v) is 11.8. The Bertz CT molecular complexity index is 581. The van der Waals surface area contributed by atoms with E-state index in [1.165, 1.54) is 0 Å². The summed E-state index contributed by atoms with van der Waals surface area (Å²) in [5.41, 5.74) is 0.732. The second-order valence-electron chi connectivity index (χ2n) is 4.29. The molecule has 94 valence electrons. The first-order valence-electron chi connectivity index (χ1n) is 5.71. The van der Waals surface area contributed by atoms with Crippen molar-refractivity contribution >= 4 is 38.5 Å². The minimum Gasteiger partial charge on any atom is -0.447 e. The van der Waals surface area contributed by atoms with E-state index in [1.54, 1.807) is 0 Å². The number of ether oxygens (including phenoxy) is 1. The second kappa shape index (κ2) is 5.40. The smallest absolute Gasteiger partial charge is 0.411 e. The second-order valence-corrected chi connectivity index (χ2v) is 5.20. The maximum atomic E-state index is 11.5. The third-order valence-corrected chi connectivity index (χ3v) is 2.88. The van der Waals surface area contributed by atoms with Crippen LogP contribution >= 0.6 is 15.9 Å². The lowest BCUT2D eigenvalue weighted by atomic mass is 10.1. The molecule has 1 N–H and O–H groups in total. The van der Waals surface area contributed by atoms with E-state index < -0.39 is 6.09 Å². The Morgan fingerprint density at radius 2 is 1.83 bits per heavy atom. The number of anilines is 1. The van der Waals surface area contributed by atoms with E-state index >= 15 is 0 Å². The van der Waals surface area contributed by atoms with E-state index in [2.05, 4.69) is 21.2 Å². The van der Waals surface area contributed by atoms with Gasteiger partial charge >= 0.3 is 6.09 Å². The fraction of sp³-hybridized carbons (Fsp3) is 0.214. The predicted octanol–water partition coefficient (Wildman–Crippen LogP) is 4.56. The van der Waals surface area contributed by atoms with Crippen LogP contribution < -0.4 is 5.32 Å². The number of carbonyl (C=O) groups is 1. The van der Waals surface area contributed by atoms with Gasteiger partial charge in [0.05, 0.1) is 6.10 Å². The molecule has 0 bridgehead atoms. The normalized spacial score (nSPS) is 10.7. The van der Waals surface area contributed by atoms with Gasteiger partial charge < -0.3 is 4.74 Å². The number of amides is 1. The van der Waals surface area contributed by atoms with Crippen LogP contribution in [0.1, 0.15) is 13.8 Å². The highest BCUT2D eigenvalue weighted by Gasteiger charge is 2.05. The van der Waals surface area contributed by atoms with Crippen molar-refractivity contribution in [1.82, 2.24) is 0 Å². The fourth-order valence-electron chi connectivity index (χ4n) is 1.66. The molecule has 18 heavy (non-hydrogen) atoms. The first-order chi connectivity index (χ1) is 8.54. The Hall–Kier alpha value is -1.55. The summed E-state index contributed by atoms with van der Waals surface area (Å²) < 4.78 is 6.06. The lowest BCUT2D eigenvalue weighted by molar-refractivity contribution is 0.130. The van der Waals surface area contributed by atoms with E-state index in [1.807, 2.05) is 50.2 Å². The van der Waals surface area contributed by atoms with Gasteiger partial charge in [0.1, 0.15) is 0 Å². The third kappa shape index (κ3) is 3.23. The highest BCUT2D eigenvalue weighted by Crippen LogP contribution is 2.23. The molecule has 0 aliphatic rings. The van der Waals surface area contributed by atoms with Crippen LogP contribution in [0.15, 0.2) is 40.9 Å². The monoisotopic (exact) mass is 307 g/mol.